The molecule has 0 saturated heterocycles. The van der Waals surface area contributed by atoms with Crippen LogP contribution in [-0.4, -0.2) is 15.0 Å². The van der Waals surface area contributed by atoms with E-state index in [0.717, 1.165) is 5.56 Å². The first-order chi connectivity index (χ1) is 11.5. The molecule has 0 radical (unpaired) electrons. The molecule has 136 valence electrons. The molecule has 0 aliphatic heterocycles. The van der Waals surface area contributed by atoms with E-state index in [-0.39, 0.29) is 10.3 Å². The first-order valence-corrected chi connectivity index (χ1v) is 10.0. The van der Waals surface area contributed by atoms with Crippen molar-refractivity contribution in [3.05, 3.63) is 52.0 Å². The van der Waals surface area contributed by atoms with Crippen LogP contribution in [0, 0.1) is 0 Å². The molecule has 0 unspecified atom stereocenters. The Labute approximate surface area is 159 Å². The van der Waals surface area contributed by atoms with Crippen LogP contribution in [0.25, 0.3) is 0 Å². The quantitative estimate of drug-likeness (QED) is 0.720. The third kappa shape index (κ3) is 5.03. The molecule has 0 spiro atoms. The molecule has 0 aromatic heterocycles. The van der Waals surface area contributed by atoms with Gasteiger partial charge in [-0.3, -0.25) is 4.72 Å². The first-order valence-electron chi connectivity index (χ1n) is 7.79. The van der Waals surface area contributed by atoms with Gasteiger partial charge in [-0.05, 0) is 48.7 Å². The first kappa shape index (κ1) is 19.9. The molecule has 0 fully saturated rings. The van der Waals surface area contributed by atoms with Crippen LogP contribution in [0.5, 0.6) is 5.75 Å². The van der Waals surface area contributed by atoms with Gasteiger partial charge in [0, 0.05) is 15.6 Å². The fourth-order valence-electron chi connectivity index (χ4n) is 2.37. The van der Waals surface area contributed by atoms with Crippen molar-refractivity contribution >= 4 is 38.9 Å². The lowest BCUT2D eigenvalue weighted by Gasteiger charge is -2.23. The predicted octanol–water partition coefficient (Wildman–Crippen LogP) is 5.49. The van der Waals surface area contributed by atoms with E-state index in [1.807, 2.05) is 27.7 Å². The minimum Gasteiger partial charge on any atom is -0.494 e. The van der Waals surface area contributed by atoms with Crippen molar-refractivity contribution in [2.75, 3.05) is 11.3 Å². The van der Waals surface area contributed by atoms with Crippen LogP contribution in [-0.2, 0) is 15.4 Å². The van der Waals surface area contributed by atoms with Crippen LogP contribution in [0.2, 0.25) is 10.0 Å². The Kier molecular flexibility index (Phi) is 5.92. The number of sulfonamides is 1. The number of halogens is 2. The van der Waals surface area contributed by atoms with Gasteiger partial charge >= 0.3 is 0 Å². The summed E-state index contributed by atoms with van der Waals surface area (Å²) < 4.78 is 33.6. The average molecular weight is 402 g/mol. The molecule has 0 amide bonds. The van der Waals surface area contributed by atoms with E-state index in [1.165, 1.54) is 24.3 Å². The van der Waals surface area contributed by atoms with E-state index in [1.54, 1.807) is 12.1 Å². The summed E-state index contributed by atoms with van der Waals surface area (Å²) in [5.41, 5.74) is 0.861. The zero-order valence-corrected chi connectivity index (χ0v) is 16.9. The molecule has 2 rings (SSSR count). The van der Waals surface area contributed by atoms with Gasteiger partial charge in [0.15, 0.2) is 0 Å². The molecule has 2 aromatic carbocycles. The fourth-order valence-corrected chi connectivity index (χ4v) is 3.96. The Hall–Kier alpha value is -1.43. The van der Waals surface area contributed by atoms with Crippen LogP contribution in [0.4, 0.5) is 5.69 Å². The number of anilines is 1. The van der Waals surface area contributed by atoms with Crippen molar-refractivity contribution < 1.29 is 13.2 Å². The van der Waals surface area contributed by atoms with E-state index in [2.05, 4.69) is 4.72 Å². The van der Waals surface area contributed by atoms with Gasteiger partial charge < -0.3 is 4.74 Å². The second kappa shape index (κ2) is 7.44. The van der Waals surface area contributed by atoms with E-state index in [9.17, 15) is 8.42 Å². The Balaban J connectivity index is 2.45. The highest BCUT2D eigenvalue weighted by molar-refractivity contribution is 7.92. The minimum atomic E-state index is -3.78. The van der Waals surface area contributed by atoms with Gasteiger partial charge in [0.25, 0.3) is 10.0 Å². The monoisotopic (exact) mass is 401 g/mol. The topological polar surface area (TPSA) is 55.4 Å². The summed E-state index contributed by atoms with van der Waals surface area (Å²) in [5.74, 6) is 0.680. The normalized spacial score (nSPS) is 12.1. The summed E-state index contributed by atoms with van der Waals surface area (Å²) in [4.78, 5) is 0.150. The Morgan fingerprint density at radius 3 is 2.16 bits per heavy atom. The second-order valence-electron chi connectivity index (χ2n) is 6.60. The van der Waals surface area contributed by atoms with E-state index >= 15 is 0 Å². The van der Waals surface area contributed by atoms with Crippen molar-refractivity contribution in [3.63, 3.8) is 0 Å². The summed E-state index contributed by atoms with van der Waals surface area (Å²) in [6.45, 7) is 8.41. The van der Waals surface area contributed by atoms with Gasteiger partial charge in [-0.15, -0.1) is 0 Å². The molecule has 0 bridgehead atoms. The standard InChI is InChI=1S/C18H21Cl2NO3S/c1-5-24-17-7-6-15(11-16(17)18(2,3)4)25(22,23)21-14-9-12(19)8-13(20)10-14/h6-11,21H,5H2,1-4H3. The lowest BCUT2D eigenvalue weighted by molar-refractivity contribution is 0.329. The van der Waals surface area contributed by atoms with Gasteiger partial charge in [0.05, 0.1) is 17.2 Å². The highest BCUT2D eigenvalue weighted by Gasteiger charge is 2.23. The van der Waals surface area contributed by atoms with Crippen molar-refractivity contribution in [2.24, 2.45) is 0 Å². The molecule has 2 aromatic rings. The largest absolute Gasteiger partial charge is 0.494 e. The molecule has 7 heteroatoms. The van der Waals surface area contributed by atoms with Gasteiger partial charge in [-0.1, -0.05) is 44.0 Å². The Morgan fingerprint density at radius 1 is 1.04 bits per heavy atom. The number of hydrogen-bond donors (Lipinski definition) is 1. The average Bonchev–Trinajstić information content (AvgIpc) is 2.45. The van der Waals surface area contributed by atoms with Crippen LogP contribution < -0.4 is 9.46 Å². The molecule has 0 aliphatic carbocycles. The van der Waals surface area contributed by atoms with Crippen molar-refractivity contribution in [3.8, 4) is 5.75 Å². The highest BCUT2D eigenvalue weighted by atomic mass is 35.5. The molecule has 0 atom stereocenters. The molecule has 0 saturated carbocycles. The number of ether oxygens (including phenoxy) is 1. The lowest BCUT2D eigenvalue weighted by Crippen LogP contribution is -2.17. The summed E-state index contributed by atoms with van der Waals surface area (Å²) in [6.07, 6.45) is 0. The Bertz CT molecular complexity index is 854. The third-order valence-electron chi connectivity index (χ3n) is 3.48. The van der Waals surface area contributed by atoms with Crippen LogP contribution in [0.3, 0.4) is 0 Å². The van der Waals surface area contributed by atoms with Gasteiger partial charge in [-0.25, -0.2) is 8.42 Å². The van der Waals surface area contributed by atoms with Crippen molar-refractivity contribution in [1.29, 1.82) is 0 Å². The number of benzene rings is 2. The van der Waals surface area contributed by atoms with Gasteiger partial charge in [0.2, 0.25) is 0 Å². The van der Waals surface area contributed by atoms with E-state index in [4.69, 9.17) is 27.9 Å². The zero-order valence-electron chi connectivity index (χ0n) is 14.6. The fraction of sp³-hybridized carbons (Fsp3) is 0.333. The highest BCUT2D eigenvalue weighted by Crippen LogP contribution is 2.34. The molecule has 25 heavy (non-hydrogen) atoms. The smallest absolute Gasteiger partial charge is 0.261 e. The number of rotatable bonds is 5. The van der Waals surface area contributed by atoms with Crippen molar-refractivity contribution in [2.45, 2.75) is 38.0 Å². The van der Waals surface area contributed by atoms with Gasteiger partial charge in [-0.2, -0.15) is 0 Å². The van der Waals surface area contributed by atoms with Crippen LogP contribution >= 0.6 is 23.2 Å². The SMILES string of the molecule is CCOc1ccc(S(=O)(=O)Nc2cc(Cl)cc(Cl)c2)cc1C(C)(C)C. The maximum Gasteiger partial charge on any atom is 0.261 e. The minimum absolute atomic E-state index is 0.150. The number of nitrogens with one attached hydrogen (secondary N) is 1. The second-order valence-corrected chi connectivity index (χ2v) is 9.16. The summed E-state index contributed by atoms with van der Waals surface area (Å²) in [5, 5.41) is 0.708. The van der Waals surface area contributed by atoms with E-state index < -0.39 is 10.0 Å². The van der Waals surface area contributed by atoms with Crippen molar-refractivity contribution in [1.82, 2.24) is 0 Å². The molecule has 1 N–H and O–H groups in total. The van der Waals surface area contributed by atoms with E-state index in [0.29, 0.717) is 28.1 Å². The Morgan fingerprint density at radius 2 is 1.64 bits per heavy atom. The predicted molar refractivity (Wildman–Crippen MR) is 104 cm³/mol. The summed E-state index contributed by atoms with van der Waals surface area (Å²) in [7, 11) is -3.78. The van der Waals surface area contributed by atoms with Crippen LogP contribution in [0.1, 0.15) is 33.3 Å². The number of hydrogen-bond acceptors (Lipinski definition) is 3. The maximum atomic E-state index is 12.7. The molecular weight excluding hydrogens is 381 g/mol. The molecule has 0 heterocycles. The summed E-state index contributed by atoms with van der Waals surface area (Å²) in [6, 6.07) is 9.39. The third-order valence-corrected chi connectivity index (χ3v) is 5.30. The van der Waals surface area contributed by atoms with Crippen LogP contribution in [0.15, 0.2) is 41.3 Å². The zero-order chi connectivity index (χ0) is 18.8. The lowest BCUT2D eigenvalue weighted by atomic mass is 9.86. The maximum absolute atomic E-state index is 12.7. The summed E-state index contributed by atoms with van der Waals surface area (Å²) >= 11 is 11.9. The molecule has 0 aliphatic rings. The molecule has 4 nitrogen and oxygen atoms in total. The van der Waals surface area contributed by atoms with Gasteiger partial charge in [0.1, 0.15) is 5.75 Å². The molecular formula is C18H21Cl2NO3S.